The Hall–Kier alpha value is -1.39. The average Bonchev–Trinajstić information content (AvgIpc) is 2.57. The third-order valence-electron chi connectivity index (χ3n) is 2.46. The van der Waals surface area contributed by atoms with Gasteiger partial charge < -0.3 is 9.47 Å². The molecule has 1 unspecified atom stereocenters. The molecule has 5 heteroatoms. The van der Waals surface area contributed by atoms with E-state index < -0.39 is 6.36 Å². The molecule has 0 radical (unpaired) electrons. The molecule has 0 bridgehead atoms. The Balaban J connectivity index is 2.16. The monoisotopic (exact) mass is 232 g/mol. The Morgan fingerprint density at radius 2 is 2.19 bits per heavy atom. The minimum absolute atomic E-state index is 0.0659. The first kappa shape index (κ1) is 11.1. The van der Waals surface area contributed by atoms with Gasteiger partial charge in [-0.2, -0.15) is 0 Å². The van der Waals surface area contributed by atoms with E-state index in [4.69, 9.17) is 4.74 Å². The fourth-order valence-electron chi connectivity index (χ4n) is 1.72. The Kier molecular flexibility index (Phi) is 2.69. The van der Waals surface area contributed by atoms with Crippen LogP contribution in [0.2, 0.25) is 0 Å². The highest BCUT2D eigenvalue weighted by molar-refractivity contribution is 5.43. The van der Waals surface area contributed by atoms with Gasteiger partial charge in [-0.15, -0.1) is 13.2 Å². The summed E-state index contributed by atoms with van der Waals surface area (Å²) in [5.74, 6) is 0.466. The van der Waals surface area contributed by atoms with Crippen molar-refractivity contribution >= 4 is 0 Å². The molecule has 0 aliphatic carbocycles. The van der Waals surface area contributed by atoms with Crippen LogP contribution in [-0.2, 0) is 6.42 Å². The molecule has 0 saturated carbocycles. The molecule has 1 aliphatic rings. The van der Waals surface area contributed by atoms with E-state index >= 15 is 0 Å². The zero-order valence-corrected chi connectivity index (χ0v) is 8.67. The summed E-state index contributed by atoms with van der Waals surface area (Å²) in [6.07, 6.45) is -3.10. The Morgan fingerprint density at radius 1 is 1.44 bits per heavy atom. The summed E-state index contributed by atoms with van der Waals surface area (Å²) in [7, 11) is 0. The lowest BCUT2D eigenvalue weighted by molar-refractivity contribution is -0.274. The van der Waals surface area contributed by atoms with Gasteiger partial charge in [0.05, 0.1) is 0 Å². The first-order valence-corrected chi connectivity index (χ1v) is 5.03. The molecule has 0 aromatic heterocycles. The van der Waals surface area contributed by atoms with Crippen molar-refractivity contribution in [2.45, 2.75) is 32.2 Å². The lowest BCUT2D eigenvalue weighted by Gasteiger charge is -2.09. The predicted molar refractivity (Wildman–Crippen MR) is 51.5 cm³/mol. The maximum absolute atomic E-state index is 12.0. The van der Waals surface area contributed by atoms with Gasteiger partial charge in [0, 0.05) is 12.0 Å². The van der Waals surface area contributed by atoms with Crippen molar-refractivity contribution in [2.24, 2.45) is 0 Å². The highest BCUT2D eigenvalue weighted by Gasteiger charge is 2.32. The van der Waals surface area contributed by atoms with E-state index in [2.05, 4.69) is 4.74 Å². The van der Waals surface area contributed by atoms with Crippen LogP contribution in [0.5, 0.6) is 11.5 Å². The normalized spacial score (nSPS) is 19.1. The van der Waals surface area contributed by atoms with Crippen molar-refractivity contribution in [3.63, 3.8) is 0 Å². The summed E-state index contributed by atoms with van der Waals surface area (Å²) in [6.45, 7) is 1.98. The van der Waals surface area contributed by atoms with E-state index in [-0.39, 0.29) is 11.9 Å². The third kappa shape index (κ3) is 2.40. The van der Waals surface area contributed by atoms with E-state index in [1.54, 1.807) is 0 Å². The molecule has 0 amide bonds. The topological polar surface area (TPSA) is 18.5 Å². The summed E-state index contributed by atoms with van der Waals surface area (Å²) in [6, 6.07) is 4.18. The largest absolute Gasteiger partial charge is 0.573 e. The number of hydrogen-bond acceptors (Lipinski definition) is 2. The number of halogens is 3. The summed E-state index contributed by atoms with van der Waals surface area (Å²) in [4.78, 5) is 0. The molecular formula is C11H11F3O2. The zero-order chi connectivity index (χ0) is 11.8. The van der Waals surface area contributed by atoms with E-state index in [1.807, 2.05) is 6.92 Å². The van der Waals surface area contributed by atoms with Gasteiger partial charge in [-0.05, 0) is 24.6 Å². The van der Waals surface area contributed by atoms with Gasteiger partial charge in [0.2, 0.25) is 0 Å². The maximum Gasteiger partial charge on any atom is 0.573 e. The summed E-state index contributed by atoms with van der Waals surface area (Å²) < 4.78 is 45.3. The molecule has 1 aliphatic heterocycles. The van der Waals surface area contributed by atoms with Gasteiger partial charge in [0.1, 0.15) is 17.6 Å². The first-order valence-electron chi connectivity index (χ1n) is 5.03. The lowest BCUT2D eigenvalue weighted by atomic mass is 10.1. The van der Waals surface area contributed by atoms with Crippen LogP contribution >= 0.6 is 0 Å². The van der Waals surface area contributed by atoms with Gasteiger partial charge in [0.15, 0.2) is 0 Å². The molecular weight excluding hydrogens is 221 g/mol. The van der Waals surface area contributed by atoms with Crippen LogP contribution in [0.4, 0.5) is 13.2 Å². The van der Waals surface area contributed by atoms with E-state index in [0.717, 1.165) is 12.0 Å². The minimum Gasteiger partial charge on any atom is -0.490 e. The minimum atomic E-state index is -4.64. The van der Waals surface area contributed by atoms with Crippen molar-refractivity contribution in [2.75, 3.05) is 0 Å². The lowest BCUT2D eigenvalue weighted by Crippen LogP contribution is -2.17. The van der Waals surface area contributed by atoms with Crippen molar-refractivity contribution in [3.8, 4) is 11.5 Å². The molecule has 1 atom stereocenters. The highest BCUT2D eigenvalue weighted by Crippen LogP contribution is 2.34. The van der Waals surface area contributed by atoms with E-state index in [0.29, 0.717) is 12.2 Å². The number of hydrogen-bond donors (Lipinski definition) is 0. The Bertz CT molecular complexity index is 387. The molecule has 16 heavy (non-hydrogen) atoms. The average molecular weight is 232 g/mol. The van der Waals surface area contributed by atoms with Gasteiger partial charge in [-0.25, -0.2) is 0 Å². The Labute approximate surface area is 91.0 Å². The zero-order valence-electron chi connectivity index (χ0n) is 8.67. The van der Waals surface area contributed by atoms with Gasteiger partial charge in [-0.3, -0.25) is 0 Å². The number of fused-ring (bicyclic) bond motifs is 1. The number of benzene rings is 1. The van der Waals surface area contributed by atoms with Crippen molar-refractivity contribution in [1.29, 1.82) is 0 Å². The van der Waals surface area contributed by atoms with Crippen LogP contribution in [0.25, 0.3) is 0 Å². The van der Waals surface area contributed by atoms with Crippen LogP contribution < -0.4 is 9.47 Å². The number of rotatable bonds is 2. The SMILES string of the molecule is CCC1Cc2cc(OC(F)(F)F)ccc2O1. The third-order valence-corrected chi connectivity index (χ3v) is 2.46. The molecule has 88 valence electrons. The molecule has 2 nitrogen and oxygen atoms in total. The standard InChI is InChI=1S/C11H11F3O2/c1-2-8-5-7-6-9(16-11(12,13)14)3-4-10(7)15-8/h3-4,6,8H,2,5H2,1H3. The second-order valence-corrected chi connectivity index (χ2v) is 3.67. The molecule has 2 rings (SSSR count). The molecule has 1 aromatic carbocycles. The quantitative estimate of drug-likeness (QED) is 0.778. The van der Waals surface area contributed by atoms with Crippen molar-refractivity contribution in [1.82, 2.24) is 0 Å². The van der Waals surface area contributed by atoms with Crippen LogP contribution in [0.1, 0.15) is 18.9 Å². The van der Waals surface area contributed by atoms with Gasteiger partial charge >= 0.3 is 6.36 Å². The molecule has 0 saturated heterocycles. The number of ether oxygens (including phenoxy) is 2. The molecule has 0 fully saturated rings. The summed E-state index contributed by atoms with van der Waals surface area (Å²) >= 11 is 0. The van der Waals surface area contributed by atoms with E-state index in [1.165, 1.54) is 18.2 Å². The Morgan fingerprint density at radius 3 is 2.81 bits per heavy atom. The fourth-order valence-corrected chi connectivity index (χ4v) is 1.72. The number of alkyl halides is 3. The molecule has 1 aromatic rings. The predicted octanol–water partition coefficient (Wildman–Crippen LogP) is 3.30. The molecule has 0 N–H and O–H groups in total. The summed E-state index contributed by atoms with van der Waals surface area (Å²) in [5, 5.41) is 0. The second-order valence-electron chi connectivity index (χ2n) is 3.67. The van der Waals surface area contributed by atoms with Crippen LogP contribution in [0, 0.1) is 0 Å². The second kappa shape index (κ2) is 3.88. The highest BCUT2D eigenvalue weighted by atomic mass is 19.4. The van der Waals surface area contributed by atoms with Crippen LogP contribution in [0.3, 0.4) is 0 Å². The van der Waals surface area contributed by atoms with Crippen LogP contribution in [0.15, 0.2) is 18.2 Å². The van der Waals surface area contributed by atoms with Crippen LogP contribution in [-0.4, -0.2) is 12.5 Å². The summed E-state index contributed by atoms with van der Waals surface area (Å²) in [5.41, 5.74) is 0.772. The fraction of sp³-hybridized carbons (Fsp3) is 0.455. The molecule has 0 spiro atoms. The van der Waals surface area contributed by atoms with Gasteiger partial charge in [-0.1, -0.05) is 6.92 Å². The van der Waals surface area contributed by atoms with Crippen molar-refractivity contribution < 1.29 is 22.6 Å². The maximum atomic E-state index is 12.0. The first-order chi connectivity index (χ1) is 7.48. The molecule has 1 heterocycles. The van der Waals surface area contributed by atoms with Gasteiger partial charge in [0.25, 0.3) is 0 Å². The van der Waals surface area contributed by atoms with Crippen molar-refractivity contribution in [3.05, 3.63) is 23.8 Å². The van der Waals surface area contributed by atoms with E-state index in [9.17, 15) is 13.2 Å². The smallest absolute Gasteiger partial charge is 0.490 e.